The maximum Gasteiger partial charge on any atom is 0.412 e. The zero-order valence-electron chi connectivity index (χ0n) is 24.4. The van der Waals surface area contributed by atoms with Crippen molar-refractivity contribution in [1.29, 1.82) is 0 Å². The molecule has 0 bridgehead atoms. The highest BCUT2D eigenvalue weighted by atomic mass is 19.1. The third-order valence-electron chi connectivity index (χ3n) is 6.31. The Labute approximate surface area is 246 Å². The SMILES string of the molecule is CCN(CCNC(=O)c1c(C)[nH]c(/C=C2\C(=O)Nc3ccc(F)cc32)c1C)C(=O)OC(C)OC(=O)CNC(=O)OCOC. The van der Waals surface area contributed by atoms with Crippen molar-refractivity contribution < 1.29 is 47.3 Å². The normalized spacial score (nSPS) is 13.5. The van der Waals surface area contributed by atoms with Gasteiger partial charge in [-0.2, -0.15) is 0 Å². The molecule has 0 spiro atoms. The number of fused-ring (bicyclic) bond motifs is 1. The summed E-state index contributed by atoms with van der Waals surface area (Å²) in [5.74, 6) is -2.12. The van der Waals surface area contributed by atoms with Crippen molar-refractivity contribution in [2.45, 2.75) is 34.0 Å². The minimum absolute atomic E-state index is 0.0823. The molecular weight excluding hydrogens is 569 g/mol. The van der Waals surface area contributed by atoms with Gasteiger partial charge in [-0.25, -0.2) is 14.0 Å². The first-order valence-electron chi connectivity index (χ1n) is 13.3. The lowest BCUT2D eigenvalue weighted by molar-refractivity contribution is -0.164. The molecule has 2 aromatic rings. The van der Waals surface area contributed by atoms with Crippen molar-refractivity contribution in [3.8, 4) is 0 Å². The Bertz CT molecular complexity index is 1420. The number of nitrogens with zero attached hydrogens (tertiary/aromatic N) is 1. The average Bonchev–Trinajstić information content (AvgIpc) is 3.41. The Hall–Kier alpha value is -4.92. The number of methoxy groups -OCH3 is 1. The fourth-order valence-corrected chi connectivity index (χ4v) is 4.25. The maximum atomic E-state index is 13.8. The van der Waals surface area contributed by atoms with Crippen LogP contribution in [0, 0.1) is 19.7 Å². The number of alkyl carbamates (subject to hydrolysis) is 1. The number of aryl methyl sites for hydroxylation is 1. The van der Waals surface area contributed by atoms with E-state index in [-0.39, 0.29) is 37.9 Å². The lowest BCUT2D eigenvalue weighted by Gasteiger charge is -2.23. The molecule has 14 nitrogen and oxygen atoms in total. The number of ether oxygens (including phenoxy) is 4. The van der Waals surface area contributed by atoms with E-state index in [1.165, 1.54) is 37.1 Å². The summed E-state index contributed by atoms with van der Waals surface area (Å²) < 4.78 is 33.0. The van der Waals surface area contributed by atoms with Crippen LogP contribution in [-0.2, 0) is 28.5 Å². The summed E-state index contributed by atoms with van der Waals surface area (Å²) in [6, 6.07) is 4.02. The van der Waals surface area contributed by atoms with Gasteiger partial charge in [0.25, 0.3) is 11.8 Å². The molecule has 1 atom stereocenters. The monoisotopic (exact) mass is 603 g/mol. The molecule has 4 amide bonds. The topological polar surface area (TPSA) is 177 Å². The van der Waals surface area contributed by atoms with Crippen molar-refractivity contribution in [3.63, 3.8) is 0 Å². The van der Waals surface area contributed by atoms with Gasteiger partial charge in [-0.1, -0.05) is 0 Å². The van der Waals surface area contributed by atoms with Gasteiger partial charge in [-0.15, -0.1) is 0 Å². The summed E-state index contributed by atoms with van der Waals surface area (Å²) in [6.45, 7) is 6.10. The summed E-state index contributed by atoms with van der Waals surface area (Å²) in [4.78, 5) is 65.7. The quantitative estimate of drug-likeness (QED) is 0.161. The van der Waals surface area contributed by atoms with Crippen LogP contribution < -0.4 is 16.0 Å². The number of esters is 1. The molecule has 1 aliphatic rings. The summed E-state index contributed by atoms with van der Waals surface area (Å²) in [6.07, 6.45) is -1.34. The Morgan fingerprint density at radius 3 is 2.58 bits per heavy atom. The smallest absolute Gasteiger partial charge is 0.412 e. The predicted octanol–water partition coefficient (Wildman–Crippen LogP) is 2.67. The second-order valence-electron chi connectivity index (χ2n) is 9.33. The highest BCUT2D eigenvalue weighted by Crippen LogP contribution is 2.34. The maximum absolute atomic E-state index is 13.8. The number of aromatic nitrogens is 1. The van der Waals surface area contributed by atoms with E-state index in [2.05, 4.69) is 30.4 Å². The molecule has 0 fully saturated rings. The molecule has 0 radical (unpaired) electrons. The first-order valence-corrected chi connectivity index (χ1v) is 13.3. The van der Waals surface area contributed by atoms with Crippen LogP contribution in [0.15, 0.2) is 18.2 Å². The van der Waals surface area contributed by atoms with Gasteiger partial charge in [-0.3, -0.25) is 14.4 Å². The first kappa shape index (κ1) is 32.6. The molecule has 3 rings (SSSR count). The molecule has 1 unspecified atom stereocenters. The standard InChI is InChI=1S/C28H34FN5O9/c1-6-34(28(39)43-17(4)42-23(35)13-31-27(38)41-14-40-5)10-9-30-26(37)24-15(2)22(32-16(24)3)12-20-19-11-18(29)7-8-21(19)33-25(20)36/h7-8,11-12,17,32H,6,9-10,13-14H2,1-5H3,(H,30,37)(H,31,38)(H,33,36)/b20-12-. The van der Waals surface area contributed by atoms with Crippen LogP contribution in [0.5, 0.6) is 0 Å². The third kappa shape index (κ3) is 8.54. The number of anilines is 1. The van der Waals surface area contributed by atoms with Gasteiger partial charge < -0.3 is 44.8 Å². The van der Waals surface area contributed by atoms with Crippen LogP contribution in [0.3, 0.4) is 0 Å². The number of nitrogens with one attached hydrogen (secondary N) is 4. The van der Waals surface area contributed by atoms with Gasteiger partial charge in [0.2, 0.25) is 6.29 Å². The van der Waals surface area contributed by atoms with Gasteiger partial charge in [0, 0.05) is 56.3 Å². The molecule has 4 N–H and O–H groups in total. The number of likely N-dealkylation sites (N-methyl/N-ethyl adjacent to an activating group) is 1. The van der Waals surface area contributed by atoms with Crippen molar-refractivity contribution >= 4 is 47.3 Å². The predicted molar refractivity (Wildman–Crippen MR) is 151 cm³/mol. The van der Waals surface area contributed by atoms with Crippen molar-refractivity contribution in [2.24, 2.45) is 0 Å². The number of aromatic amines is 1. The number of amides is 4. The number of carbonyl (C=O) groups is 5. The van der Waals surface area contributed by atoms with Crippen molar-refractivity contribution in [1.82, 2.24) is 20.5 Å². The fraction of sp³-hybridized carbons (Fsp3) is 0.393. The Morgan fingerprint density at radius 2 is 1.88 bits per heavy atom. The molecular formula is C28H34FN5O9. The van der Waals surface area contributed by atoms with Crippen LogP contribution in [-0.4, -0.2) is 86.2 Å². The van der Waals surface area contributed by atoms with Gasteiger partial charge >= 0.3 is 18.2 Å². The summed E-state index contributed by atoms with van der Waals surface area (Å²) in [7, 11) is 1.33. The molecule has 1 aromatic carbocycles. The van der Waals surface area contributed by atoms with Crippen LogP contribution >= 0.6 is 0 Å². The summed E-state index contributed by atoms with van der Waals surface area (Å²) >= 11 is 0. The number of carbonyl (C=O) groups excluding carboxylic acids is 5. The fourth-order valence-electron chi connectivity index (χ4n) is 4.25. The van der Waals surface area contributed by atoms with Crippen LogP contribution in [0.1, 0.15) is 46.7 Å². The average molecular weight is 604 g/mol. The number of benzene rings is 1. The third-order valence-corrected chi connectivity index (χ3v) is 6.31. The van der Waals surface area contributed by atoms with E-state index < -0.39 is 42.7 Å². The number of hydrogen-bond acceptors (Lipinski definition) is 9. The summed E-state index contributed by atoms with van der Waals surface area (Å²) in [5, 5.41) is 7.61. The summed E-state index contributed by atoms with van der Waals surface area (Å²) in [5.41, 5.74) is 3.24. The molecule has 232 valence electrons. The van der Waals surface area contributed by atoms with Crippen LogP contribution in [0.4, 0.5) is 19.7 Å². The first-order chi connectivity index (χ1) is 20.4. The number of hydrogen-bond donors (Lipinski definition) is 4. The van der Waals surface area contributed by atoms with E-state index in [0.717, 1.165) is 0 Å². The van der Waals surface area contributed by atoms with Crippen molar-refractivity contribution in [2.75, 3.05) is 45.4 Å². The minimum atomic E-state index is -1.25. The number of H-pyrrole nitrogens is 1. The molecule has 0 aliphatic carbocycles. The second-order valence-corrected chi connectivity index (χ2v) is 9.33. The largest absolute Gasteiger partial charge is 0.424 e. The van der Waals surface area contributed by atoms with Gasteiger partial charge in [0.15, 0.2) is 6.79 Å². The van der Waals surface area contributed by atoms with E-state index in [1.54, 1.807) is 26.8 Å². The van der Waals surface area contributed by atoms with Crippen LogP contribution in [0.2, 0.25) is 0 Å². The van der Waals surface area contributed by atoms with E-state index in [9.17, 15) is 28.4 Å². The lowest BCUT2D eigenvalue weighted by atomic mass is 10.0. The highest BCUT2D eigenvalue weighted by molar-refractivity contribution is 6.34. The molecule has 1 aromatic heterocycles. The number of rotatable bonds is 12. The molecule has 0 saturated heterocycles. The van der Waals surface area contributed by atoms with E-state index in [4.69, 9.17) is 9.47 Å². The van der Waals surface area contributed by atoms with Gasteiger partial charge in [-0.05, 0) is 50.6 Å². The van der Waals surface area contributed by atoms with Gasteiger partial charge in [0.05, 0.1) is 11.1 Å². The zero-order chi connectivity index (χ0) is 31.7. The van der Waals surface area contributed by atoms with Gasteiger partial charge in [0.1, 0.15) is 12.4 Å². The van der Waals surface area contributed by atoms with E-state index in [0.29, 0.717) is 33.8 Å². The second kappa shape index (κ2) is 14.8. The molecule has 1 aliphatic heterocycles. The number of halogens is 1. The Morgan fingerprint density at radius 1 is 1.14 bits per heavy atom. The zero-order valence-corrected chi connectivity index (χ0v) is 24.4. The van der Waals surface area contributed by atoms with Crippen LogP contribution in [0.25, 0.3) is 11.6 Å². The molecule has 43 heavy (non-hydrogen) atoms. The minimum Gasteiger partial charge on any atom is -0.424 e. The Balaban J connectivity index is 1.53. The van der Waals surface area contributed by atoms with E-state index >= 15 is 0 Å². The molecule has 2 heterocycles. The van der Waals surface area contributed by atoms with Crippen molar-refractivity contribution in [3.05, 3.63) is 52.1 Å². The highest BCUT2D eigenvalue weighted by Gasteiger charge is 2.26. The lowest BCUT2D eigenvalue weighted by Crippen LogP contribution is -2.41. The molecule has 0 saturated carbocycles. The molecule has 15 heteroatoms. The van der Waals surface area contributed by atoms with E-state index in [1.807, 2.05) is 0 Å². The Kier molecular flexibility index (Phi) is 11.2.